The van der Waals surface area contributed by atoms with E-state index in [0.717, 1.165) is 9.26 Å². The van der Waals surface area contributed by atoms with Gasteiger partial charge in [-0.1, -0.05) is 13.0 Å². The van der Waals surface area contributed by atoms with Gasteiger partial charge in [-0.2, -0.15) is 0 Å². The molecule has 0 fully saturated rings. The zero-order chi connectivity index (χ0) is 12.1. The summed E-state index contributed by atoms with van der Waals surface area (Å²) in [6.45, 7) is 4.56. The number of aryl methyl sites for hydroxylation is 1. The number of amides is 1. The van der Waals surface area contributed by atoms with Gasteiger partial charge in [0.1, 0.15) is 0 Å². The lowest BCUT2D eigenvalue weighted by Crippen LogP contribution is -2.20. The van der Waals surface area contributed by atoms with E-state index in [9.17, 15) is 4.79 Å². The van der Waals surface area contributed by atoms with Gasteiger partial charge in [-0.05, 0) is 59.7 Å². The first-order valence-corrected chi connectivity index (χ1v) is 6.37. The highest BCUT2D eigenvalue weighted by Crippen LogP contribution is 2.17. The molecule has 88 valence electrons. The molecule has 0 heterocycles. The lowest BCUT2D eigenvalue weighted by atomic mass is 10.1. The van der Waals surface area contributed by atoms with Crippen molar-refractivity contribution in [1.82, 2.24) is 0 Å². The second kappa shape index (κ2) is 6.20. The van der Waals surface area contributed by atoms with Gasteiger partial charge >= 0.3 is 0 Å². The zero-order valence-electron chi connectivity index (χ0n) is 9.59. The largest absolute Gasteiger partial charge is 0.330 e. The van der Waals surface area contributed by atoms with E-state index in [2.05, 4.69) is 27.9 Å². The molecule has 3 N–H and O–H groups in total. The maximum absolute atomic E-state index is 11.6. The number of carbonyl (C=O) groups is 1. The maximum Gasteiger partial charge on any atom is 0.224 e. The summed E-state index contributed by atoms with van der Waals surface area (Å²) in [6.07, 6.45) is 0.473. The fourth-order valence-electron chi connectivity index (χ4n) is 1.28. The van der Waals surface area contributed by atoms with Gasteiger partial charge in [0.15, 0.2) is 0 Å². The SMILES string of the molecule is Cc1ccc(NC(=O)CC(C)CN)cc1I. The summed E-state index contributed by atoms with van der Waals surface area (Å²) in [4.78, 5) is 11.6. The lowest BCUT2D eigenvalue weighted by Gasteiger charge is -2.10. The summed E-state index contributed by atoms with van der Waals surface area (Å²) >= 11 is 2.26. The standard InChI is InChI=1S/C12H17IN2O/c1-8(7-14)5-12(16)15-10-4-3-9(2)11(13)6-10/h3-4,6,8H,5,7,14H2,1-2H3,(H,15,16). The van der Waals surface area contributed by atoms with Crippen molar-refractivity contribution >= 4 is 34.2 Å². The third-order valence-corrected chi connectivity index (χ3v) is 3.55. The van der Waals surface area contributed by atoms with E-state index in [-0.39, 0.29) is 11.8 Å². The van der Waals surface area contributed by atoms with Crippen molar-refractivity contribution in [3.8, 4) is 0 Å². The molecule has 0 aliphatic rings. The fourth-order valence-corrected chi connectivity index (χ4v) is 1.80. The van der Waals surface area contributed by atoms with Crippen molar-refractivity contribution in [1.29, 1.82) is 0 Å². The minimum absolute atomic E-state index is 0.0256. The number of nitrogens with one attached hydrogen (secondary N) is 1. The molecule has 0 aliphatic heterocycles. The molecule has 1 amide bonds. The molecule has 0 bridgehead atoms. The Bertz CT molecular complexity index is 379. The summed E-state index contributed by atoms with van der Waals surface area (Å²) in [5.74, 6) is 0.252. The number of nitrogens with two attached hydrogens (primary N) is 1. The molecule has 1 rings (SSSR count). The molecule has 0 aliphatic carbocycles. The van der Waals surface area contributed by atoms with Crippen molar-refractivity contribution in [3.63, 3.8) is 0 Å². The molecule has 3 nitrogen and oxygen atoms in total. The van der Waals surface area contributed by atoms with E-state index in [1.165, 1.54) is 5.56 Å². The summed E-state index contributed by atoms with van der Waals surface area (Å²) in [5, 5.41) is 2.88. The summed E-state index contributed by atoms with van der Waals surface area (Å²) in [5.41, 5.74) is 7.54. The van der Waals surface area contributed by atoms with Gasteiger partial charge in [0.25, 0.3) is 0 Å². The molecule has 0 saturated heterocycles. The third-order valence-electron chi connectivity index (χ3n) is 2.39. The monoisotopic (exact) mass is 332 g/mol. The Kier molecular flexibility index (Phi) is 5.21. The Hall–Kier alpha value is -0.620. The zero-order valence-corrected chi connectivity index (χ0v) is 11.7. The Labute approximate surface area is 110 Å². The van der Waals surface area contributed by atoms with Crippen LogP contribution in [0.25, 0.3) is 0 Å². The molecular formula is C12H17IN2O. The van der Waals surface area contributed by atoms with E-state index in [0.29, 0.717) is 13.0 Å². The van der Waals surface area contributed by atoms with Gasteiger partial charge < -0.3 is 11.1 Å². The van der Waals surface area contributed by atoms with Crippen LogP contribution in [0, 0.1) is 16.4 Å². The second-order valence-corrected chi connectivity index (χ2v) is 5.22. The van der Waals surface area contributed by atoms with Crippen LogP contribution in [-0.4, -0.2) is 12.5 Å². The molecule has 1 unspecified atom stereocenters. The number of hydrogen-bond acceptors (Lipinski definition) is 2. The van der Waals surface area contributed by atoms with Gasteiger partial charge in [-0.3, -0.25) is 4.79 Å². The number of halogens is 1. The first kappa shape index (κ1) is 13.4. The minimum atomic E-state index is 0.0256. The Morgan fingerprint density at radius 2 is 2.25 bits per heavy atom. The van der Waals surface area contributed by atoms with E-state index in [1.807, 2.05) is 32.0 Å². The molecule has 1 aromatic carbocycles. The van der Waals surface area contributed by atoms with Crippen molar-refractivity contribution in [2.45, 2.75) is 20.3 Å². The van der Waals surface area contributed by atoms with Gasteiger partial charge in [0, 0.05) is 15.7 Å². The average Bonchev–Trinajstić information content (AvgIpc) is 2.23. The average molecular weight is 332 g/mol. The first-order chi connectivity index (χ1) is 7.52. The van der Waals surface area contributed by atoms with Crippen LogP contribution >= 0.6 is 22.6 Å². The number of rotatable bonds is 4. The third kappa shape index (κ3) is 4.09. The molecular weight excluding hydrogens is 315 g/mol. The Morgan fingerprint density at radius 3 is 2.81 bits per heavy atom. The highest BCUT2D eigenvalue weighted by Gasteiger charge is 2.08. The topological polar surface area (TPSA) is 55.1 Å². The second-order valence-electron chi connectivity index (χ2n) is 4.06. The highest BCUT2D eigenvalue weighted by atomic mass is 127. The summed E-state index contributed by atoms with van der Waals surface area (Å²) in [7, 11) is 0. The quantitative estimate of drug-likeness (QED) is 0.833. The number of hydrogen-bond donors (Lipinski definition) is 2. The van der Waals surface area contributed by atoms with Crippen LogP contribution in [0.4, 0.5) is 5.69 Å². The smallest absolute Gasteiger partial charge is 0.224 e. The molecule has 1 aromatic rings. The number of benzene rings is 1. The van der Waals surface area contributed by atoms with Crippen LogP contribution in [0.3, 0.4) is 0 Å². The van der Waals surface area contributed by atoms with Gasteiger partial charge in [0.2, 0.25) is 5.91 Å². The molecule has 0 aromatic heterocycles. The van der Waals surface area contributed by atoms with Gasteiger partial charge in [-0.25, -0.2) is 0 Å². The highest BCUT2D eigenvalue weighted by molar-refractivity contribution is 14.1. The van der Waals surface area contributed by atoms with Crippen LogP contribution in [0.15, 0.2) is 18.2 Å². The fraction of sp³-hybridized carbons (Fsp3) is 0.417. The van der Waals surface area contributed by atoms with Crippen LogP contribution in [0.2, 0.25) is 0 Å². The molecule has 0 spiro atoms. The van der Waals surface area contributed by atoms with Crippen LogP contribution in [0.1, 0.15) is 18.9 Å². The normalized spacial score (nSPS) is 12.2. The number of anilines is 1. The predicted octanol–water partition coefficient (Wildman–Crippen LogP) is 2.52. The minimum Gasteiger partial charge on any atom is -0.330 e. The Morgan fingerprint density at radius 1 is 1.56 bits per heavy atom. The lowest BCUT2D eigenvalue weighted by molar-refractivity contribution is -0.116. The maximum atomic E-state index is 11.6. The van der Waals surface area contributed by atoms with Crippen LogP contribution < -0.4 is 11.1 Å². The summed E-state index contributed by atoms with van der Waals surface area (Å²) in [6, 6.07) is 5.90. The summed E-state index contributed by atoms with van der Waals surface area (Å²) < 4.78 is 1.15. The van der Waals surface area contributed by atoms with Gasteiger partial charge in [0.05, 0.1) is 0 Å². The Balaban J connectivity index is 2.59. The van der Waals surface area contributed by atoms with Crippen LogP contribution in [0.5, 0.6) is 0 Å². The van der Waals surface area contributed by atoms with Crippen molar-refractivity contribution in [2.75, 3.05) is 11.9 Å². The molecule has 0 radical (unpaired) electrons. The first-order valence-electron chi connectivity index (χ1n) is 5.29. The van der Waals surface area contributed by atoms with Gasteiger partial charge in [-0.15, -0.1) is 0 Å². The molecule has 0 saturated carbocycles. The van der Waals surface area contributed by atoms with Crippen molar-refractivity contribution in [3.05, 3.63) is 27.3 Å². The predicted molar refractivity (Wildman–Crippen MR) is 75.4 cm³/mol. The van der Waals surface area contributed by atoms with Crippen molar-refractivity contribution < 1.29 is 4.79 Å². The van der Waals surface area contributed by atoms with E-state index in [4.69, 9.17) is 5.73 Å². The van der Waals surface area contributed by atoms with E-state index >= 15 is 0 Å². The number of carbonyl (C=O) groups excluding carboxylic acids is 1. The molecule has 1 atom stereocenters. The van der Waals surface area contributed by atoms with Crippen LogP contribution in [-0.2, 0) is 4.79 Å². The van der Waals surface area contributed by atoms with E-state index in [1.54, 1.807) is 0 Å². The van der Waals surface area contributed by atoms with Crippen molar-refractivity contribution in [2.24, 2.45) is 11.7 Å². The molecule has 4 heteroatoms. The molecule has 16 heavy (non-hydrogen) atoms. The van der Waals surface area contributed by atoms with E-state index < -0.39 is 0 Å².